The molecule has 2 unspecified atom stereocenters. The van der Waals surface area contributed by atoms with Gasteiger partial charge in [0.15, 0.2) is 0 Å². The summed E-state index contributed by atoms with van der Waals surface area (Å²) in [7, 11) is 0. The molecular formula is C62H121NO5. The lowest BCUT2D eigenvalue weighted by molar-refractivity contribution is -0.143. The van der Waals surface area contributed by atoms with Crippen LogP contribution < -0.4 is 5.32 Å². The number of amides is 1. The zero-order valence-corrected chi connectivity index (χ0v) is 46.1. The molecule has 6 nitrogen and oxygen atoms in total. The van der Waals surface area contributed by atoms with Gasteiger partial charge in [0.2, 0.25) is 5.91 Å². The van der Waals surface area contributed by atoms with Crippen molar-refractivity contribution in [1.29, 1.82) is 0 Å². The molecule has 0 aromatic carbocycles. The monoisotopic (exact) mass is 960 g/mol. The van der Waals surface area contributed by atoms with Crippen molar-refractivity contribution in [2.24, 2.45) is 0 Å². The molecule has 0 saturated carbocycles. The standard InChI is InChI=1S/C62H121NO5/c1-3-5-7-9-11-13-15-17-19-21-22-24-26-30-34-38-42-46-50-54-60(65)59(58-64)63-61(66)55-51-47-43-39-35-31-27-25-29-33-37-41-45-49-53-57-68-62(67)56-52-48-44-40-36-32-28-23-20-18-16-14-12-10-8-6-4-2/h29,33,59-60,64-65H,3-28,30-32,34-58H2,1-2H3,(H,63,66)/b33-29-. The van der Waals surface area contributed by atoms with Gasteiger partial charge in [-0.05, 0) is 51.4 Å². The van der Waals surface area contributed by atoms with E-state index in [2.05, 4.69) is 31.3 Å². The number of allylic oxidation sites excluding steroid dienone is 2. The van der Waals surface area contributed by atoms with E-state index >= 15 is 0 Å². The molecule has 3 N–H and O–H groups in total. The van der Waals surface area contributed by atoms with Crippen molar-refractivity contribution in [3.8, 4) is 0 Å². The van der Waals surface area contributed by atoms with E-state index in [1.165, 1.54) is 244 Å². The van der Waals surface area contributed by atoms with E-state index in [9.17, 15) is 19.8 Å². The second-order valence-corrected chi connectivity index (χ2v) is 21.4. The normalized spacial score (nSPS) is 12.6. The van der Waals surface area contributed by atoms with Gasteiger partial charge in [0, 0.05) is 12.8 Å². The third-order valence-corrected chi connectivity index (χ3v) is 14.6. The fraction of sp³-hybridized carbons (Fsp3) is 0.935. The van der Waals surface area contributed by atoms with E-state index in [1.807, 2.05) is 0 Å². The second-order valence-electron chi connectivity index (χ2n) is 21.4. The first-order valence-corrected chi connectivity index (χ1v) is 30.9. The minimum atomic E-state index is -0.674. The van der Waals surface area contributed by atoms with Crippen molar-refractivity contribution in [2.45, 2.75) is 360 Å². The maximum absolute atomic E-state index is 12.5. The van der Waals surface area contributed by atoms with Crippen LogP contribution in [0.4, 0.5) is 0 Å². The molecule has 0 aliphatic carbocycles. The molecule has 0 spiro atoms. The third-order valence-electron chi connectivity index (χ3n) is 14.6. The van der Waals surface area contributed by atoms with Crippen LogP contribution in [0.3, 0.4) is 0 Å². The minimum Gasteiger partial charge on any atom is -0.466 e. The summed E-state index contributed by atoms with van der Waals surface area (Å²) in [6.45, 7) is 4.95. The molecule has 0 aromatic heterocycles. The van der Waals surface area contributed by atoms with E-state index in [0.29, 0.717) is 25.9 Å². The quantitative estimate of drug-likeness (QED) is 0.0321. The molecule has 0 aliphatic heterocycles. The highest BCUT2D eigenvalue weighted by molar-refractivity contribution is 5.76. The fourth-order valence-electron chi connectivity index (χ4n) is 9.81. The highest BCUT2D eigenvalue weighted by Gasteiger charge is 2.20. The first-order chi connectivity index (χ1) is 33.5. The molecule has 6 heteroatoms. The number of rotatable bonds is 58. The van der Waals surface area contributed by atoms with E-state index in [1.54, 1.807) is 0 Å². The summed E-state index contributed by atoms with van der Waals surface area (Å²) >= 11 is 0. The predicted molar refractivity (Wildman–Crippen MR) is 297 cm³/mol. The van der Waals surface area contributed by atoms with Crippen LogP contribution in [0.5, 0.6) is 0 Å². The number of unbranched alkanes of at least 4 members (excludes halogenated alkanes) is 45. The van der Waals surface area contributed by atoms with Crippen molar-refractivity contribution >= 4 is 11.9 Å². The summed E-state index contributed by atoms with van der Waals surface area (Å²) in [5, 5.41) is 23.3. The largest absolute Gasteiger partial charge is 0.466 e. The molecule has 0 bridgehead atoms. The number of nitrogens with one attached hydrogen (secondary N) is 1. The number of hydrogen-bond donors (Lipinski definition) is 3. The average Bonchev–Trinajstić information content (AvgIpc) is 3.34. The fourth-order valence-corrected chi connectivity index (χ4v) is 9.81. The van der Waals surface area contributed by atoms with Crippen LogP contribution in [0, 0.1) is 0 Å². The summed E-state index contributed by atoms with van der Waals surface area (Å²) in [6, 6.07) is -0.553. The Morgan fingerprint density at radius 3 is 1.04 bits per heavy atom. The van der Waals surface area contributed by atoms with E-state index < -0.39 is 12.1 Å². The van der Waals surface area contributed by atoms with E-state index in [0.717, 1.165) is 70.6 Å². The van der Waals surface area contributed by atoms with Gasteiger partial charge in [-0.3, -0.25) is 9.59 Å². The van der Waals surface area contributed by atoms with Crippen LogP contribution in [-0.2, 0) is 14.3 Å². The molecule has 0 saturated heterocycles. The summed E-state index contributed by atoms with van der Waals surface area (Å²) < 4.78 is 5.48. The van der Waals surface area contributed by atoms with Gasteiger partial charge in [0.05, 0.1) is 25.4 Å². The average molecular weight is 961 g/mol. The van der Waals surface area contributed by atoms with Crippen molar-refractivity contribution in [1.82, 2.24) is 5.32 Å². The van der Waals surface area contributed by atoms with E-state index in [-0.39, 0.29) is 18.5 Å². The number of ether oxygens (including phenoxy) is 1. The third kappa shape index (κ3) is 53.9. The smallest absolute Gasteiger partial charge is 0.305 e. The van der Waals surface area contributed by atoms with Crippen molar-refractivity contribution < 1.29 is 24.5 Å². The molecule has 0 aromatic rings. The van der Waals surface area contributed by atoms with Gasteiger partial charge in [-0.1, -0.05) is 296 Å². The lowest BCUT2D eigenvalue weighted by atomic mass is 10.0. The Bertz CT molecular complexity index is 1020. The first-order valence-electron chi connectivity index (χ1n) is 30.9. The SMILES string of the molecule is CCCCCCCCCCCCCCCCCCCCCC(O)C(CO)NC(=O)CCCCCCCCC/C=C\CCCCCCOC(=O)CCCCCCCCCCCCCCCCCCC. The molecule has 2 atom stereocenters. The number of carbonyl (C=O) groups excluding carboxylic acids is 2. The van der Waals surface area contributed by atoms with Crippen LogP contribution in [0.1, 0.15) is 348 Å². The molecule has 0 rings (SSSR count). The van der Waals surface area contributed by atoms with Crippen LogP contribution in [0.15, 0.2) is 12.2 Å². The minimum absolute atomic E-state index is 0.00509. The summed E-state index contributed by atoms with van der Waals surface area (Å²) in [6.07, 6.45) is 69.3. The van der Waals surface area contributed by atoms with Gasteiger partial charge in [0.25, 0.3) is 0 Å². The Morgan fingerprint density at radius 2 is 0.691 bits per heavy atom. The maximum atomic E-state index is 12.5. The lowest BCUT2D eigenvalue weighted by Gasteiger charge is -2.22. The Hall–Kier alpha value is -1.40. The number of esters is 1. The molecule has 0 fully saturated rings. The Morgan fingerprint density at radius 1 is 0.397 bits per heavy atom. The van der Waals surface area contributed by atoms with Crippen molar-refractivity contribution in [3.63, 3.8) is 0 Å². The van der Waals surface area contributed by atoms with Gasteiger partial charge >= 0.3 is 5.97 Å². The van der Waals surface area contributed by atoms with Crippen LogP contribution >= 0.6 is 0 Å². The second kappa shape index (κ2) is 58.2. The first kappa shape index (κ1) is 66.6. The zero-order chi connectivity index (χ0) is 49.3. The molecule has 0 radical (unpaired) electrons. The molecular weight excluding hydrogens is 839 g/mol. The van der Waals surface area contributed by atoms with Crippen LogP contribution in [0.2, 0.25) is 0 Å². The summed E-state index contributed by atoms with van der Waals surface area (Å²) in [5.74, 6) is -0.0516. The van der Waals surface area contributed by atoms with Crippen molar-refractivity contribution in [2.75, 3.05) is 13.2 Å². The number of aliphatic hydroxyl groups excluding tert-OH is 2. The maximum Gasteiger partial charge on any atom is 0.305 e. The van der Waals surface area contributed by atoms with Crippen molar-refractivity contribution in [3.05, 3.63) is 12.2 Å². The number of carbonyl (C=O) groups is 2. The van der Waals surface area contributed by atoms with Gasteiger partial charge in [0.1, 0.15) is 0 Å². The molecule has 1 amide bonds. The molecule has 0 heterocycles. The molecule has 68 heavy (non-hydrogen) atoms. The van der Waals surface area contributed by atoms with Crippen LogP contribution in [0.25, 0.3) is 0 Å². The highest BCUT2D eigenvalue weighted by Crippen LogP contribution is 2.18. The topological polar surface area (TPSA) is 95.9 Å². The van der Waals surface area contributed by atoms with Gasteiger partial charge in [-0.25, -0.2) is 0 Å². The zero-order valence-electron chi connectivity index (χ0n) is 46.1. The Labute approximate surface area is 425 Å². The number of hydrogen-bond acceptors (Lipinski definition) is 5. The lowest BCUT2D eigenvalue weighted by Crippen LogP contribution is -2.45. The van der Waals surface area contributed by atoms with E-state index in [4.69, 9.17) is 4.74 Å². The van der Waals surface area contributed by atoms with Gasteiger partial charge < -0.3 is 20.3 Å². The Kier molecular flexibility index (Phi) is 57.0. The number of aliphatic hydroxyl groups is 2. The highest BCUT2D eigenvalue weighted by atomic mass is 16.5. The summed E-state index contributed by atoms with van der Waals surface area (Å²) in [5.41, 5.74) is 0. The molecule has 0 aliphatic rings. The van der Waals surface area contributed by atoms with Gasteiger partial charge in [-0.15, -0.1) is 0 Å². The molecule has 404 valence electrons. The van der Waals surface area contributed by atoms with Gasteiger partial charge in [-0.2, -0.15) is 0 Å². The summed E-state index contributed by atoms with van der Waals surface area (Å²) in [4.78, 5) is 24.6. The predicted octanol–water partition coefficient (Wildman–Crippen LogP) is 19.2. The Balaban J connectivity index is 3.44. The van der Waals surface area contributed by atoms with Crippen LogP contribution in [-0.4, -0.2) is 47.4 Å².